The molecule has 2 aliphatic heterocycles. The fraction of sp³-hybridized carbons (Fsp3) is 0.778. The predicted molar refractivity (Wildman–Crippen MR) is 146 cm³/mol. The largest absolute Gasteiger partial charge is 0.498 e. The monoisotopic (exact) mass is 529 g/mol. The van der Waals surface area contributed by atoms with Crippen molar-refractivity contribution in [1.82, 2.24) is 20.2 Å². The summed E-state index contributed by atoms with van der Waals surface area (Å²) in [5.41, 5.74) is -0.592. The lowest BCUT2D eigenvalue weighted by molar-refractivity contribution is -0.134. The Morgan fingerprint density at radius 2 is 1.66 bits per heavy atom. The standard InChI is InChI=1S/C27H44BN5O5/c1-18(31-24(35)36-25(2,3)4)22(34)32-13-11-19(12-14-32)17-33(21-9-10-21)23-29-15-20(16-30-23)28-37-26(5,6)27(7,8)38-28/h15-16,18-19,21H,9-14,17H2,1-8H3,(H,31,35). The van der Waals surface area contributed by atoms with Crippen LogP contribution in [0.4, 0.5) is 10.7 Å². The molecule has 0 spiro atoms. The van der Waals surface area contributed by atoms with Gasteiger partial charge in [-0.15, -0.1) is 0 Å². The quantitative estimate of drug-likeness (QED) is 0.538. The molecule has 2 saturated heterocycles. The summed E-state index contributed by atoms with van der Waals surface area (Å²) in [7, 11) is -0.475. The number of anilines is 1. The highest BCUT2D eigenvalue weighted by molar-refractivity contribution is 6.61. The Hall–Kier alpha value is -2.40. The van der Waals surface area contributed by atoms with Crippen molar-refractivity contribution < 1.29 is 23.6 Å². The number of nitrogens with one attached hydrogen (secondary N) is 1. The minimum absolute atomic E-state index is 0.0741. The molecule has 10 nitrogen and oxygen atoms in total. The van der Waals surface area contributed by atoms with E-state index >= 15 is 0 Å². The van der Waals surface area contributed by atoms with Crippen molar-refractivity contribution in [3.05, 3.63) is 12.4 Å². The summed E-state index contributed by atoms with van der Waals surface area (Å²) in [4.78, 5) is 38.5. The molecule has 3 fully saturated rings. The number of amides is 2. The Morgan fingerprint density at radius 1 is 1.11 bits per heavy atom. The summed E-state index contributed by atoms with van der Waals surface area (Å²) in [5, 5.41) is 2.66. The number of alkyl carbamates (subject to hydrolysis) is 1. The average Bonchev–Trinajstić information content (AvgIpc) is 3.62. The maximum Gasteiger partial charge on any atom is 0.498 e. The minimum atomic E-state index is -0.625. The van der Waals surface area contributed by atoms with E-state index in [1.54, 1.807) is 27.7 Å². The van der Waals surface area contributed by atoms with Crippen molar-refractivity contribution in [3.63, 3.8) is 0 Å². The Bertz CT molecular complexity index is 984. The molecule has 1 atom stereocenters. The van der Waals surface area contributed by atoms with Crippen molar-refractivity contribution in [2.75, 3.05) is 24.5 Å². The number of rotatable bonds is 7. The number of aromatic nitrogens is 2. The normalized spacial score (nSPS) is 22.2. The number of piperidine rings is 1. The van der Waals surface area contributed by atoms with E-state index in [0.29, 0.717) is 25.0 Å². The van der Waals surface area contributed by atoms with Crippen molar-refractivity contribution in [1.29, 1.82) is 0 Å². The van der Waals surface area contributed by atoms with E-state index in [1.165, 1.54) is 0 Å². The summed E-state index contributed by atoms with van der Waals surface area (Å²) in [6, 6.07) is -0.157. The van der Waals surface area contributed by atoms with Crippen molar-refractivity contribution in [3.8, 4) is 0 Å². The van der Waals surface area contributed by atoms with Crippen molar-refractivity contribution >= 4 is 30.5 Å². The Morgan fingerprint density at radius 3 is 2.16 bits per heavy atom. The van der Waals surface area contributed by atoms with E-state index in [1.807, 2.05) is 45.0 Å². The molecule has 1 aliphatic carbocycles. The number of ether oxygens (including phenoxy) is 1. The number of carbonyl (C=O) groups is 2. The molecule has 38 heavy (non-hydrogen) atoms. The minimum Gasteiger partial charge on any atom is -0.444 e. The van der Waals surface area contributed by atoms with Crippen LogP contribution in [0.5, 0.6) is 0 Å². The molecule has 3 aliphatic rings. The molecule has 4 rings (SSSR count). The molecule has 0 radical (unpaired) electrons. The highest BCUT2D eigenvalue weighted by Gasteiger charge is 2.52. The van der Waals surface area contributed by atoms with Gasteiger partial charge >= 0.3 is 13.2 Å². The lowest BCUT2D eigenvalue weighted by Gasteiger charge is -2.36. The first-order valence-electron chi connectivity index (χ1n) is 13.9. The summed E-state index contributed by atoms with van der Waals surface area (Å²) in [6.45, 7) is 17.5. The lowest BCUT2D eigenvalue weighted by atomic mass is 9.81. The SMILES string of the molecule is CC(NC(=O)OC(C)(C)C)C(=O)N1CCC(CN(c2ncc(B3OC(C)(C)C(C)(C)O3)cn2)C2CC2)CC1. The Balaban J connectivity index is 1.30. The first-order valence-corrected chi connectivity index (χ1v) is 13.9. The zero-order valence-electron chi connectivity index (χ0n) is 24.2. The maximum atomic E-state index is 12.9. The van der Waals surface area contributed by atoms with E-state index in [-0.39, 0.29) is 5.91 Å². The predicted octanol–water partition coefficient (Wildman–Crippen LogP) is 2.90. The van der Waals surface area contributed by atoms with Gasteiger partial charge in [0.25, 0.3) is 0 Å². The number of nitrogens with zero attached hydrogens (tertiary/aromatic N) is 4. The number of hydrogen-bond acceptors (Lipinski definition) is 8. The van der Waals surface area contributed by atoms with Crippen molar-refractivity contribution in [2.45, 2.75) is 110 Å². The molecule has 1 aromatic rings. The fourth-order valence-electron chi connectivity index (χ4n) is 4.79. The Labute approximate surface area is 227 Å². The zero-order valence-corrected chi connectivity index (χ0v) is 24.2. The number of carbonyl (C=O) groups excluding carboxylic acids is 2. The van der Waals surface area contributed by atoms with E-state index in [9.17, 15) is 9.59 Å². The zero-order chi connectivity index (χ0) is 27.9. The van der Waals surface area contributed by atoms with Crippen LogP contribution in [0.15, 0.2) is 12.4 Å². The van der Waals surface area contributed by atoms with E-state index in [4.69, 9.17) is 24.0 Å². The van der Waals surface area contributed by atoms with Crippen LogP contribution in [0.3, 0.4) is 0 Å². The van der Waals surface area contributed by atoms with Crippen LogP contribution in [0.25, 0.3) is 0 Å². The van der Waals surface area contributed by atoms with E-state index in [2.05, 4.69) is 10.2 Å². The van der Waals surface area contributed by atoms with Crippen LogP contribution >= 0.6 is 0 Å². The summed E-state index contributed by atoms with van der Waals surface area (Å²) < 4.78 is 17.6. The van der Waals surface area contributed by atoms with Gasteiger partial charge in [-0.1, -0.05) is 0 Å². The van der Waals surface area contributed by atoms with Gasteiger partial charge in [-0.05, 0) is 87.0 Å². The topological polar surface area (TPSA) is 106 Å². The number of hydrogen-bond donors (Lipinski definition) is 1. The molecule has 11 heteroatoms. The third-order valence-electron chi connectivity index (χ3n) is 7.91. The summed E-state index contributed by atoms with van der Waals surface area (Å²) >= 11 is 0. The molecule has 210 valence electrons. The second kappa shape index (κ2) is 10.6. The van der Waals surface area contributed by atoms with Crippen molar-refractivity contribution in [2.24, 2.45) is 5.92 Å². The van der Waals surface area contributed by atoms with Crippen LogP contribution in [-0.2, 0) is 18.8 Å². The van der Waals surface area contributed by atoms with Crippen LogP contribution in [0.2, 0.25) is 0 Å². The molecular formula is C27H44BN5O5. The van der Waals surface area contributed by atoms with Crippen LogP contribution < -0.4 is 15.7 Å². The third kappa shape index (κ3) is 6.78. The van der Waals surface area contributed by atoms with Gasteiger partial charge in [-0.3, -0.25) is 4.79 Å². The molecule has 1 aromatic heterocycles. The maximum absolute atomic E-state index is 12.9. The highest BCUT2D eigenvalue weighted by Crippen LogP contribution is 2.36. The molecule has 0 bridgehead atoms. The molecule has 1 saturated carbocycles. The van der Waals surface area contributed by atoms with Gasteiger partial charge in [0.15, 0.2) is 0 Å². The Kier molecular flexibility index (Phi) is 8.01. The molecule has 0 aromatic carbocycles. The van der Waals surface area contributed by atoms with Gasteiger partial charge in [-0.25, -0.2) is 14.8 Å². The second-order valence-corrected chi connectivity index (χ2v) is 12.9. The van der Waals surface area contributed by atoms with Gasteiger partial charge in [-0.2, -0.15) is 0 Å². The summed E-state index contributed by atoms with van der Waals surface area (Å²) in [6.07, 6.45) is 7.17. The van der Waals surface area contributed by atoms with Gasteiger partial charge in [0, 0.05) is 43.5 Å². The summed E-state index contributed by atoms with van der Waals surface area (Å²) in [5.74, 6) is 1.11. The third-order valence-corrected chi connectivity index (χ3v) is 7.91. The first kappa shape index (κ1) is 28.6. The van der Waals surface area contributed by atoms with Crippen LogP contribution in [0.1, 0.15) is 81.1 Å². The second-order valence-electron chi connectivity index (χ2n) is 12.9. The fourth-order valence-corrected chi connectivity index (χ4v) is 4.79. The van der Waals surface area contributed by atoms with Crippen LogP contribution in [-0.4, -0.2) is 82.5 Å². The number of likely N-dealkylation sites (tertiary alicyclic amines) is 1. The van der Waals surface area contributed by atoms with E-state index in [0.717, 1.165) is 43.6 Å². The average molecular weight is 529 g/mol. The molecule has 2 amide bonds. The van der Waals surface area contributed by atoms with Gasteiger partial charge in [0.05, 0.1) is 11.2 Å². The first-order chi connectivity index (χ1) is 17.6. The van der Waals surface area contributed by atoms with Gasteiger partial charge in [0.2, 0.25) is 11.9 Å². The smallest absolute Gasteiger partial charge is 0.444 e. The van der Waals surface area contributed by atoms with Gasteiger partial charge in [0.1, 0.15) is 11.6 Å². The van der Waals surface area contributed by atoms with E-state index < -0.39 is 36.1 Å². The molecule has 1 unspecified atom stereocenters. The highest BCUT2D eigenvalue weighted by atomic mass is 16.7. The molecular weight excluding hydrogens is 485 g/mol. The van der Waals surface area contributed by atoms with Gasteiger partial charge < -0.3 is 29.2 Å². The molecule has 1 N–H and O–H groups in total. The molecule has 3 heterocycles. The lowest BCUT2D eigenvalue weighted by Crippen LogP contribution is -2.51. The van der Waals surface area contributed by atoms with Crippen LogP contribution in [0, 0.1) is 5.92 Å².